The molecule has 1 fully saturated rings. The number of nitrogens with one attached hydrogen (secondary N) is 1. The first-order valence-corrected chi connectivity index (χ1v) is 7.64. The van der Waals surface area contributed by atoms with Crippen molar-refractivity contribution >= 4 is 23.2 Å². The summed E-state index contributed by atoms with van der Waals surface area (Å²) >= 11 is 6.07. The molecule has 1 unspecified atom stereocenters. The van der Waals surface area contributed by atoms with Crippen molar-refractivity contribution in [3.8, 4) is 6.07 Å². The topological polar surface area (TPSA) is 56.1 Å². The molecule has 4 nitrogen and oxygen atoms in total. The van der Waals surface area contributed by atoms with E-state index in [-0.39, 0.29) is 11.8 Å². The minimum atomic E-state index is -0.0162. The molecule has 21 heavy (non-hydrogen) atoms. The number of nitrogens with zero attached hydrogens (tertiary/aromatic N) is 2. The molecule has 0 saturated carbocycles. The fourth-order valence-electron chi connectivity index (χ4n) is 2.60. The Hall–Kier alpha value is -1.57. The average Bonchev–Trinajstić information content (AvgIpc) is 2.49. The van der Waals surface area contributed by atoms with Gasteiger partial charge in [-0.25, -0.2) is 0 Å². The van der Waals surface area contributed by atoms with Crippen LogP contribution in [0.3, 0.4) is 0 Å². The molecule has 1 atom stereocenters. The third-order valence-electron chi connectivity index (χ3n) is 3.86. The van der Waals surface area contributed by atoms with Crippen molar-refractivity contribution in [3.63, 3.8) is 0 Å². The second kappa shape index (κ2) is 7.44. The fraction of sp³-hybridized carbons (Fsp3) is 0.500. The molecule has 112 valence electrons. The van der Waals surface area contributed by atoms with Crippen LogP contribution in [0.1, 0.15) is 24.8 Å². The molecule has 1 N–H and O–H groups in total. The second-order valence-corrected chi connectivity index (χ2v) is 5.91. The highest BCUT2D eigenvalue weighted by atomic mass is 35.5. The van der Waals surface area contributed by atoms with E-state index in [4.69, 9.17) is 16.9 Å². The van der Waals surface area contributed by atoms with Crippen molar-refractivity contribution in [2.75, 3.05) is 25.0 Å². The van der Waals surface area contributed by atoms with E-state index in [2.05, 4.69) is 16.3 Å². The number of carbonyl (C=O) groups excluding carboxylic acids is 1. The average molecular weight is 306 g/mol. The number of benzene rings is 1. The molecule has 1 saturated heterocycles. The Labute approximate surface area is 130 Å². The summed E-state index contributed by atoms with van der Waals surface area (Å²) in [5.41, 5.74) is 1.74. The third kappa shape index (κ3) is 4.45. The van der Waals surface area contributed by atoms with Gasteiger partial charge in [-0.15, -0.1) is 0 Å². The van der Waals surface area contributed by atoms with Gasteiger partial charge in [0, 0.05) is 30.2 Å². The zero-order chi connectivity index (χ0) is 15.2. The van der Waals surface area contributed by atoms with Gasteiger partial charge in [0.1, 0.15) is 0 Å². The number of carbonyl (C=O) groups is 1. The van der Waals surface area contributed by atoms with Crippen LogP contribution in [0.5, 0.6) is 0 Å². The molecular formula is C16H20ClN3O. The Kier molecular flexibility index (Phi) is 5.60. The number of rotatable bonds is 4. The Morgan fingerprint density at radius 2 is 2.38 bits per heavy atom. The van der Waals surface area contributed by atoms with Crippen LogP contribution < -0.4 is 5.32 Å². The summed E-state index contributed by atoms with van der Waals surface area (Å²) in [5.74, 6) is 0.0223. The Balaban J connectivity index is 1.93. The Bertz CT molecular complexity index is 553. The highest BCUT2D eigenvalue weighted by molar-refractivity contribution is 6.31. The number of hydrogen-bond donors (Lipinski definition) is 1. The maximum Gasteiger partial charge on any atom is 0.228 e. The van der Waals surface area contributed by atoms with Crippen LogP contribution >= 0.6 is 11.6 Å². The van der Waals surface area contributed by atoms with Gasteiger partial charge in [-0.1, -0.05) is 17.7 Å². The molecule has 0 aromatic heterocycles. The molecule has 2 rings (SSSR count). The van der Waals surface area contributed by atoms with E-state index in [0.29, 0.717) is 11.4 Å². The molecule has 1 aromatic carbocycles. The maximum absolute atomic E-state index is 12.3. The van der Waals surface area contributed by atoms with E-state index in [1.807, 2.05) is 19.1 Å². The smallest absolute Gasteiger partial charge is 0.228 e. The van der Waals surface area contributed by atoms with Crippen LogP contribution in [-0.4, -0.2) is 30.4 Å². The van der Waals surface area contributed by atoms with Crippen molar-refractivity contribution in [3.05, 3.63) is 28.8 Å². The van der Waals surface area contributed by atoms with Gasteiger partial charge in [0.05, 0.1) is 12.0 Å². The van der Waals surface area contributed by atoms with Crippen molar-refractivity contribution in [1.29, 1.82) is 5.26 Å². The standard InChI is InChI=1S/C16H20ClN3O/c1-12-5-6-14(10-15(12)17)19-16(21)13-4-2-8-20(11-13)9-3-7-18/h5-6,10,13H,2-4,8-9,11H2,1H3,(H,19,21). The summed E-state index contributed by atoms with van der Waals surface area (Å²) < 4.78 is 0. The molecule has 5 heteroatoms. The predicted octanol–water partition coefficient (Wildman–Crippen LogP) is 3.21. The predicted molar refractivity (Wildman–Crippen MR) is 84.2 cm³/mol. The summed E-state index contributed by atoms with van der Waals surface area (Å²) in [4.78, 5) is 14.5. The van der Waals surface area contributed by atoms with Crippen molar-refractivity contribution < 1.29 is 4.79 Å². The SMILES string of the molecule is Cc1ccc(NC(=O)C2CCCN(CCC#N)C2)cc1Cl. The van der Waals surface area contributed by atoms with Gasteiger partial charge in [0.25, 0.3) is 0 Å². The largest absolute Gasteiger partial charge is 0.326 e. The van der Waals surface area contributed by atoms with Gasteiger partial charge < -0.3 is 10.2 Å². The summed E-state index contributed by atoms with van der Waals surface area (Å²) in [6.07, 6.45) is 2.41. The first-order valence-electron chi connectivity index (χ1n) is 7.26. The van der Waals surface area contributed by atoms with Gasteiger partial charge in [-0.05, 0) is 44.0 Å². The first kappa shape index (κ1) is 15.8. The Morgan fingerprint density at radius 3 is 3.10 bits per heavy atom. The van der Waals surface area contributed by atoms with Gasteiger partial charge in [0.2, 0.25) is 5.91 Å². The van der Waals surface area contributed by atoms with Crippen molar-refractivity contribution in [2.24, 2.45) is 5.92 Å². The van der Waals surface area contributed by atoms with Crippen LogP contribution in [-0.2, 0) is 4.79 Å². The van der Waals surface area contributed by atoms with E-state index in [0.717, 1.165) is 43.7 Å². The normalized spacial score (nSPS) is 19.0. The number of piperidine rings is 1. The van der Waals surface area contributed by atoms with Crippen LogP contribution in [0.15, 0.2) is 18.2 Å². The highest BCUT2D eigenvalue weighted by Crippen LogP contribution is 2.22. The summed E-state index contributed by atoms with van der Waals surface area (Å²) in [5, 5.41) is 12.2. The van der Waals surface area contributed by atoms with E-state index in [9.17, 15) is 4.79 Å². The zero-order valence-electron chi connectivity index (χ0n) is 12.2. The number of nitriles is 1. The molecule has 0 bridgehead atoms. The van der Waals surface area contributed by atoms with Crippen LogP contribution in [0.25, 0.3) is 0 Å². The number of halogens is 1. The highest BCUT2D eigenvalue weighted by Gasteiger charge is 2.25. The van der Waals surface area contributed by atoms with Crippen molar-refractivity contribution in [1.82, 2.24) is 4.90 Å². The molecule has 0 spiro atoms. The number of anilines is 1. The minimum Gasteiger partial charge on any atom is -0.326 e. The lowest BCUT2D eigenvalue weighted by Crippen LogP contribution is -2.41. The molecule has 0 radical (unpaired) electrons. The lowest BCUT2D eigenvalue weighted by molar-refractivity contribution is -0.121. The van der Waals surface area contributed by atoms with Gasteiger partial charge >= 0.3 is 0 Å². The zero-order valence-corrected chi connectivity index (χ0v) is 13.0. The second-order valence-electron chi connectivity index (χ2n) is 5.50. The van der Waals surface area contributed by atoms with Gasteiger partial charge in [-0.2, -0.15) is 5.26 Å². The minimum absolute atomic E-state index is 0.0162. The summed E-state index contributed by atoms with van der Waals surface area (Å²) in [7, 11) is 0. The Morgan fingerprint density at radius 1 is 1.57 bits per heavy atom. The molecule has 1 aromatic rings. The fourth-order valence-corrected chi connectivity index (χ4v) is 2.78. The van der Waals surface area contributed by atoms with Gasteiger partial charge in [0.15, 0.2) is 0 Å². The number of hydrogen-bond acceptors (Lipinski definition) is 3. The van der Waals surface area contributed by atoms with Crippen LogP contribution in [0, 0.1) is 24.2 Å². The number of likely N-dealkylation sites (tertiary alicyclic amines) is 1. The van der Waals surface area contributed by atoms with E-state index >= 15 is 0 Å². The van der Waals surface area contributed by atoms with Crippen LogP contribution in [0.2, 0.25) is 5.02 Å². The maximum atomic E-state index is 12.3. The third-order valence-corrected chi connectivity index (χ3v) is 4.26. The quantitative estimate of drug-likeness (QED) is 0.929. The molecule has 1 amide bonds. The monoisotopic (exact) mass is 305 g/mol. The molecule has 0 aliphatic carbocycles. The lowest BCUT2D eigenvalue weighted by atomic mass is 9.97. The molecule has 1 aliphatic rings. The van der Waals surface area contributed by atoms with E-state index in [1.165, 1.54) is 0 Å². The molecule has 1 heterocycles. The number of amides is 1. The van der Waals surface area contributed by atoms with Crippen molar-refractivity contribution in [2.45, 2.75) is 26.2 Å². The van der Waals surface area contributed by atoms with E-state index < -0.39 is 0 Å². The summed E-state index contributed by atoms with van der Waals surface area (Å²) in [6, 6.07) is 7.71. The molecule has 1 aliphatic heterocycles. The number of aryl methyl sites for hydroxylation is 1. The summed E-state index contributed by atoms with van der Waals surface area (Å²) in [6.45, 7) is 4.38. The van der Waals surface area contributed by atoms with Gasteiger partial charge in [-0.3, -0.25) is 4.79 Å². The van der Waals surface area contributed by atoms with Crippen LogP contribution in [0.4, 0.5) is 5.69 Å². The molecular weight excluding hydrogens is 286 g/mol. The van der Waals surface area contributed by atoms with E-state index in [1.54, 1.807) is 6.07 Å². The first-order chi connectivity index (χ1) is 10.1. The lowest BCUT2D eigenvalue weighted by Gasteiger charge is -2.31.